The van der Waals surface area contributed by atoms with Gasteiger partial charge in [0.1, 0.15) is 5.82 Å². The van der Waals surface area contributed by atoms with E-state index in [1.54, 1.807) is 11.3 Å². The van der Waals surface area contributed by atoms with Crippen molar-refractivity contribution in [1.29, 1.82) is 0 Å². The van der Waals surface area contributed by atoms with Crippen LogP contribution in [0.4, 0.5) is 4.39 Å². The van der Waals surface area contributed by atoms with E-state index in [1.807, 2.05) is 14.0 Å². The summed E-state index contributed by atoms with van der Waals surface area (Å²) >= 11 is 1.63. The van der Waals surface area contributed by atoms with Gasteiger partial charge in [0, 0.05) is 21.4 Å². The molecule has 1 aromatic rings. The van der Waals surface area contributed by atoms with Gasteiger partial charge in [-0.15, -0.1) is 23.7 Å². The van der Waals surface area contributed by atoms with Crippen LogP contribution in [0.2, 0.25) is 0 Å². The van der Waals surface area contributed by atoms with Gasteiger partial charge in [-0.2, -0.15) is 0 Å². The lowest BCUT2D eigenvalue weighted by Crippen LogP contribution is -2.31. The van der Waals surface area contributed by atoms with Crippen molar-refractivity contribution in [2.45, 2.75) is 32.2 Å². The molecule has 1 unspecified atom stereocenters. The average Bonchev–Trinajstić information content (AvgIpc) is 2.43. The lowest BCUT2D eigenvalue weighted by atomic mass is 9.94. The Labute approximate surface area is 94.1 Å². The van der Waals surface area contributed by atoms with Gasteiger partial charge in [0.25, 0.3) is 0 Å². The molecule has 0 aliphatic heterocycles. The maximum atomic E-state index is 13.5. The lowest BCUT2D eigenvalue weighted by Gasteiger charge is -2.21. The molecule has 1 N–H and O–H groups in total. The predicted octanol–water partition coefficient (Wildman–Crippen LogP) is 2.69. The molecule has 1 nitrogen and oxygen atoms in total. The van der Waals surface area contributed by atoms with Crippen molar-refractivity contribution < 1.29 is 4.39 Å². The molecule has 0 saturated carbocycles. The molecule has 80 valence electrons. The van der Waals surface area contributed by atoms with Crippen molar-refractivity contribution in [2.75, 3.05) is 7.05 Å². The molecule has 0 aromatic carbocycles. The van der Waals surface area contributed by atoms with E-state index in [0.29, 0.717) is 6.04 Å². The Bertz CT molecular complexity index is 324. The van der Waals surface area contributed by atoms with E-state index in [2.05, 4.69) is 5.32 Å². The third kappa shape index (κ3) is 1.95. The third-order valence-corrected chi connectivity index (χ3v) is 3.95. The fraction of sp³-hybridized carbons (Fsp3) is 0.600. The molecular formula is C10H15ClFNS. The van der Waals surface area contributed by atoms with Gasteiger partial charge in [-0.25, -0.2) is 4.39 Å². The standard InChI is InChI=1S/C10H14FNS.ClH/c1-6-10(11)8-5-7(12-2)3-4-9(8)13-6;/h7,12H,3-5H2,1-2H3;1H. The van der Waals surface area contributed by atoms with E-state index in [0.717, 1.165) is 29.7 Å². The molecule has 1 aromatic heterocycles. The highest BCUT2D eigenvalue weighted by Crippen LogP contribution is 2.32. The molecule has 0 amide bonds. The number of hydrogen-bond acceptors (Lipinski definition) is 2. The quantitative estimate of drug-likeness (QED) is 0.789. The van der Waals surface area contributed by atoms with E-state index in [-0.39, 0.29) is 18.2 Å². The second-order valence-corrected chi connectivity index (χ2v) is 4.91. The normalized spacial score (nSPS) is 20.1. The third-order valence-electron chi connectivity index (χ3n) is 2.77. The van der Waals surface area contributed by atoms with Gasteiger partial charge < -0.3 is 5.32 Å². The molecule has 0 fully saturated rings. The van der Waals surface area contributed by atoms with Crippen LogP contribution in [0.15, 0.2) is 0 Å². The molecule has 0 spiro atoms. The number of halogens is 2. The summed E-state index contributed by atoms with van der Waals surface area (Å²) in [6, 6.07) is 0.469. The first-order valence-electron chi connectivity index (χ1n) is 4.66. The summed E-state index contributed by atoms with van der Waals surface area (Å²) in [4.78, 5) is 2.11. The van der Waals surface area contributed by atoms with Crippen molar-refractivity contribution >= 4 is 23.7 Å². The summed E-state index contributed by atoms with van der Waals surface area (Å²) in [5.74, 6) is 0.0416. The van der Waals surface area contributed by atoms with E-state index in [9.17, 15) is 4.39 Å². The van der Waals surface area contributed by atoms with Gasteiger partial charge in [0.05, 0.1) is 0 Å². The molecule has 1 heterocycles. The Morgan fingerprint density at radius 1 is 1.50 bits per heavy atom. The van der Waals surface area contributed by atoms with Crippen LogP contribution in [0.25, 0.3) is 0 Å². The fourth-order valence-corrected chi connectivity index (χ4v) is 3.03. The Balaban J connectivity index is 0.000000980. The fourth-order valence-electron chi connectivity index (χ4n) is 1.93. The molecular weight excluding hydrogens is 221 g/mol. The number of aryl methyl sites for hydroxylation is 2. The van der Waals surface area contributed by atoms with E-state index < -0.39 is 0 Å². The summed E-state index contributed by atoms with van der Waals surface area (Å²) < 4.78 is 13.5. The zero-order valence-corrected chi connectivity index (χ0v) is 10.0. The molecule has 4 heteroatoms. The minimum atomic E-state index is 0. The maximum absolute atomic E-state index is 13.5. The van der Waals surface area contributed by atoms with Crippen LogP contribution in [0, 0.1) is 12.7 Å². The smallest absolute Gasteiger partial charge is 0.140 e. The minimum absolute atomic E-state index is 0. The number of nitrogens with one attached hydrogen (secondary N) is 1. The number of thiophene rings is 1. The van der Waals surface area contributed by atoms with Crippen molar-refractivity contribution in [3.63, 3.8) is 0 Å². The lowest BCUT2D eigenvalue weighted by molar-refractivity contribution is 0.483. The maximum Gasteiger partial charge on any atom is 0.140 e. The second kappa shape index (κ2) is 4.60. The molecule has 14 heavy (non-hydrogen) atoms. The monoisotopic (exact) mass is 235 g/mol. The summed E-state index contributed by atoms with van der Waals surface area (Å²) in [5, 5.41) is 3.22. The van der Waals surface area contributed by atoms with Crippen LogP contribution in [0.1, 0.15) is 21.7 Å². The number of fused-ring (bicyclic) bond motifs is 1. The van der Waals surface area contributed by atoms with Crippen LogP contribution in [-0.4, -0.2) is 13.1 Å². The number of likely N-dealkylation sites (N-methyl/N-ethyl adjacent to an activating group) is 1. The summed E-state index contributed by atoms with van der Waals surface area (Å²) in [6.07, 6.45) is 3.04. The minimum Gasteiger partial charge on any atom is -0.317 e. The van der Waals surface area contributed by atoms with E-state index in [1.165, 1.54) is 4.88 Å². The largest absolute Gasteiger partial charge is 0.317 e. The van der Waals surface area contributed by atoms with Gasteiger partial charge in [0.2, 0.25) is 0 Å². The first-order valence-corrected chi connectivity index (χ1v) is 5.48. The molecule has 1 aliphatic carbocycles. The molecule has 0 radical (unpaired) electrons. The first-order chi connectivity index (χ1) is 6.22. The topological polar surface area (TPSA) is 12.0 Å². The number of rotatable bonds is 1. The average molecular weight is 236 g/mol. The highest BCUT2D eigenvalue weighted by atomic mass is 35.5. The van der Waals surface area contributed by atoms with Gasteiger partial charge >= 0.3 is 0 Å². The highest BCUT2D eigenvalue weighted by molar-refractivity contribution is 7.12. The number of hydrogen-bond donors (Lipinski definition) is 1. The molecule has 2 rings (SSSR count). The Kier molecular flexibility index (Phi) is 3.93. The zero-order valence-electron chi connectivity index (χ0n) is 8.39. The van der Waals surface area contributed by atoms with Gasteiger partial charge in [-0.1, -0.05) is 0 Å². The summed E-state index contributed by atoms with van der Waals surface area (Å²) in [6.45, 7) is 1.87. The predicted molar refractivity (Wildman–Crippen MR) is 61.1 cm³/mol. The van der Waals surface area contributed by atoms with Crippen LogP contribution in [-0.2, 0) is 12.8 Å². The van der Waals surface area contributed by atoms with Crippen LogP contribution in [0.3, 0.4) is 0 Å². The van der Waals surface area contributed by atoms with Gasteiger partial charge in [0.15, 0.2) is 0 Å². The van der Waals surface area contributed by atoms with E-state index in [4.69, 9.17) is 0 Å². The Morgan fingerprint density at radius 2 is 2.21 bits per heavy atom. The van der Waals surface area contributed by atoms with Crippen LogP contribution in [0.5, 0.6) is 0 Å². The first kappa shape index (κ1) is 12.0. The van der Waals surface area contributed by atoms with Crippen LogP contribution >= 0.6 is 23.7 Å². The summed E-state index contributed by atoms with van der Waals surface area (Å²) in [5.41, 5.74) is 0.966. The summed E-state index contributed by atoms with van der Waals surface area (Å²) in [7, 11) is 1.95. The van der Waals surface area contributed by atoms with Gasteiger partial charge in [-0.05, 0) is 33.2 Å². The van der Waals surface area contributed by atoms with Crippen molar-refractivity contribution in [2.24, 2.45) is 0 Å². The van der Waals surface area contributed by atoms with Crippen molar-refractivity contribution in [3.8, 4) is 0 Å². The molecule has 1 atom stereocenters. The van der Waals surface area contributed by atoms with Crippen molar-refractivity contribution in [1.82, 2.24) is 5.32 Å². The molecule has 0 saturated heterocycles. The second-order valence-electron chi connectivity index (χ2n) is 3.60. The van der Waals surface area contributed by atoms with Crippen LogP contribution < -0.4 is 5.32 Å². The Hall–Kier alpha value is -0.120. The SMILES string of the molecule is CNC1CCc2sc(C)c(F)c2C1.Cl. The van der Waals surface area contributed by atoms with E-state index >= 15 is 0 Å². The molecule has 0 bridgehead atoms. The zero-order chi connectivity index (χ0) is 9.42. The highest BCUT2D eigenvalue weighted by Gasteiger charge is 2.23. The Morgan fingerprint density at radius 3 is 2.86 bits per heavy atom. The van der Waals surface area contributed by atoms with Crippen molar-refractivity contribution in [3.05, 3.63) is 21.1 Å². The molecule has 1 aliphatic rings. The van der Waals surface area contributed by atoms with Gasteiger partial charge in [-0.3, -0.25) is 0 Å².